The van der Waals surface area contributed by atoms with E-state index in [0.29, 0.717) is 23.4 Å². The molecule has 0 bridgehead atoms. The third kappa shape index (κ3) is 4.87. The molecule has 160 valence electrons. The number of piperazine rings is 1. The van der Waals surface area contributed by atoms with Crippen LogP contribution in [0, 0.1) is 0 Å². The Bertz CT molecular complexity index is 936. The van der Waals surface area contributed by atoms with Crippen molar-refractivity contribution in [3.05, 3.63) is 6.07 Å². The van der Waals surface area contributed by atoms with E-state index in [0.717, 1.165) is 51.9 Å². The summed E-state index contributed by atoms with van der Waals surface area (Å²) in [5, 5.41) is 10.8. The van der Waals surface area contributed by atoms with Gasteiger partial charge >= 0.3 is 0 Å². The van der Waals surface area contributed by atoms with E-state index in [1.807, 2.05) is 0 Å². The van der Waals surface area contributed by atoms with Crippen molar-refractivity contribution in [2.24, 2.45) is 0 Å². The maximum Gasteiger partial charge on any atom is 0.235 e. The van der Waals surface area contributed by atoms with Crippen molar-refractivity contribution in [2.75, 3.05) is 55.8 Å². The molecule has 2 aromatic rings. The second-order valence-electron chi connectivity index (χ2n) is 7.39. The monoisotopic (exact) mass is 424 g/mol. The lowest BCUT2D eigenvalue weighted by Crippen LogP contribution is -2.44. The van der Waals surface area contributed by atoms with Gasteiger partial charge in [0, 0.05) is 44.8 Å². The van der Waals surface area contributed by atoms with Gasteiger partial charge in [0.1, 0.15) is 0 Å². The van der Waals surface area contributed by atoms with Crippen molar-refractivity contribution in [3.8, 4) is 5.88 Å². The van der Waals surface area contributed by atoms with Crippen molar-refractivity contribution in [1.82, 2.24) is 29.6 Å². The molecule has 2 aliphatic rings. The maximum atomic E-state index is 12.4. The minimum atomic E-state index is -3.35. The number of sulfonamides is 1. The Balaban J connectivity index is 1.49. The Morgan fingerprint density at radius 2 is 2.00 bits per heavy atom. The van der Waals surface area contributed by atoms with E-state index in [4.69, 9.17) is 4.74 Å². The predicted molar refractivity (Wildman–Crippen MR) is 110 cm³/mol. The van der Waals surface area contributed by atoms with E-state index in [9.17, 15) is 8.42 Å². The van der Waals surface area contributed by atoms with Gasteiger partial charge in [-0.15, -0.1) is 5.10 Å². The van der Waals surface area contributed by atoms with Crippen molar-refractivity contribution in [1.29, 1.82) is 0 Å². The van der Waals surface area contributed by atoms with Crippen LogP contribution in [0.5, 0.6) is 5.88 Å². The van der Waals surface area contributed by atoms with Gasteiger partial charge in [-0.05, 0) is 12.8 Å². The molecule has 1 saturated heterocycles. The summed E-state index contributed by atoms with van der Waals surface area (Å²) in [5.74, 6) is 1.44. The fourth-order valence-electron chi connectivity index (χ4n) is 3.73. The van der Waals surface area contributed by atoms with Gasteiger partial charge in [-0.1, -0.05) is 12.8 Å². The third-order valence-corrected chi connectivity index (χ3v) is 6.69. The van der Waals surface area contributed by atoms with Gasteiger partial charge < -0.3 is 20.3 Å². The van der Waals surface area contributed by atoms with Crippen molar-refractivity contribution >= 4 is 27.6 Å². The van der Waals surface area contributed by atoms with E-state index in [1.165, 1.54) is 0 Å². The fraction of sp³-hybridized carbons (Fsp3) is 0.706. The van der Waals surface area contributed by atoms with Gasteiger partial charge in [0.05, 0.1) is 12.9 Å². The minimum absolute atomic E-state index is 0.0314. The second kappa shape index (κ2) is 8.67. The summed E-state index contributed by atoms with van der Waals surface area (Å²) in [7, 11) is -1.80. The third-order valence-electron chi connectivity index (χ3n) is 5.25. The van der Waals surface area contributed by atoms with Crippen LogP contribution < -0.4 is 25.0 Å². The van der Waals surface area contributed by atoms with Crippen LogP contribution >= 0.6 is 0 Å². The van der Waals surface area contributed by atoms with Gasteiger partial charge in [0.15, 0.2) is 5.65 Å². The van der Waals surface area contributed by atoms with Gasteiger partial charge in [-0.25, -0.2) is 13.1 Å². The van der Waals surface area contributed by atoms with Crippen LogP contribution in [-0.2, 0) is 10.0 Å². The summed E-state index contributed by atoms with van der Waals surface area (Å²) >= 11 is 0. The molecule has 1 aliphatic heterocycles. The standard InChI is InChI=1S/C17H28N8O3S/c1-28-15-12-14-20-17(24-9-6-18-7-10-24)21-16(25(14)22-15)19-8-11-29(26,27)23-13-4-2-3-5-13/h12-13,18,23H,2-11H2,1H3,(H,19,20,21). The minimum Gasteiger partial charge on any atom is -0.480 e. The summed E-state index contributed by atoms with van der Waals surface area (Å²) < 4.78 is 34.3. The number of ether oxygens (including phenoxy) is 1. The molecule has 1 aliphatic carbocycles. The van der Waals surface area contributed by atoms with Crippen molar-refractivity contribution < 1.29 is 13.2 Å². The molecular formula is C17H28N8O3S. The number of rotatable bonds is 8. The summed E-state index contributed by atoms with van der Waals surface area (Å²) in [6.07, 6.45) is 4.00. The number of aromatic nitrogens is 4. The molecule has 1 saturated carbocycles. The number of hydrogen-bond donors (Lipinski definition) is 3. The van der Waals surface area contributed by atoms with Crippen LogP contribution in [0.2, 0.25) is 0 Å². The lowest BCUT2D eigenvalue weighted by Gasteiger charge is -2.27. The summed E-state index contributed by atoms with van der Waals surface area (Å²) in [5.41, 5.74) is 0.597. The molecule has 29 heavy (non-hydrogen) atoms. The van der Waals surface area contributed by atoms with Gasteiger partial charge in [0.2, 0.25) is 27.8 Å². The van der Waals surface area contributed by atoms with Crippen LogP contribution in [0.3, 0.4) is 0 Å². The Kier molecular flexibility index (Phi) is 6.01. The number of fused-ring (bicyclic) bond motifs is 1. The molecule has 0 aromatic carbocycles. The highest BCUT2D eigenvalue weighted by Gasteiger charge is 2.22. The average Bonchev–Trinajstić information content (AvgIpc) is 3.37. The number of methoxy groups -OCH3 is 1. The van der Waals surface area contributed by atoms with Gasteiger partial charge in [-0.3, -0.25) is 0 Å². The summed E-state index contributed by atoms with van der Waals surface area (Å²) in [6, 6.07) is 1.80. The normalized spacial score (nSPS) is 18.4. The number of anilines is 2. The Labute approximate surface area is 170 Å². The van der Waals surface area contributed by atoms with E-state index < -0.39 is 10.0 Å². The topological polar surface area (TPSA) is 126 Å². The Hall–Kier alpha value is -2.18. The van der Waals surface area contributed by atoms with E-state index in [2.05, 4.69) is 35.3 Å². The molecule has 12 heteroatoms. The highest BCUT2D eigenvalue weighted by atomic mass is 32.2. The molecule has 0 radical (unpaired) electrons. The maximum absolute atomic E-state index is 12.4. The first-order valence-electron chi connectivity index (χ1n) is 10.1. The number of hydrogen-bond acceptors (Lipinski definition) is 9. The molecule has 2 fully saturated rings. The van der Waals surface area contributed by atoms with Crippen LogP contribution in [-0.4, -0.2) is 79.6 Å². The summed E-state index contributed by atoms with van der Waals surface area (Å²) in [4.78, 5) is 11.3. The fourth-order valence-corrected chi connectivity index (χ4v) is 4.96. The molecule has 0 amide bonds. The highest BCUT2D eigenvalue weighted by molar-refractivity contribution is 7.89. The molecule has 11 nitrogen and oxygen atoms in total. The molecule has 3 N–H and O–H groups in total. The first-order valence-corrected chi connectivity index (χ1v) is 11.7. The molecule has 0 unspecified atom stereocenters. The van der Waals surface area contributed by atoms with Crippen molar-refractivity contribution in [2.45, 2.75) is 31.7 Å². The van der Waals surface area contributed by atoms with Crippen LogP contribution in [0.25, 0.3) is 5.65 Å². The number of nitrogens with zero attached hydrogens (tertiary/aromatic N) is 5. The van der Waals surface area contributed by atoms with Crippen molar-refractivity contribution in [3.63, 3.8) is 0 Å². The van der Waals surface area contributed by atoms with E-state index in [-0.39, 0.29) is 18.3 Å². The molecular weight excluding hydrogens is 396 g/mol. The lowest BCUT2D eigenvalue weighted by molar-refractivity contribution is 0.395. The summed E-state index contributed by atoms with van der Waals surface area (Å²) in [6.45, 7) is 3.56. The highest BCUT2D eigenvalue weighted by Crippen LogP contribution is 2.20. The zero-order valence-corrected chi connectivity index (χ0v) is 17.4. The Morgan fingerprint density at radius 1 is 1.24 bits per heavy atom. The largest absolute Gasteiger partial charge is 0.480 e. The van der Waals surface area contributed by atoms with Crippen LogP contribution in [0.15, 0.2) is 6.07 Å². The predicted octanol–water partition coefficient (Wildman–Crippen LogP) is -0.184. The van der Waals surface area contributed by atoms with E-state index in [1.54, 1.807) is 17.7 Å². The molecule has 4 rings (SSSR count). The smallest absolute Gasteiger partial charge is 0.235 e. The number of nitrogens with one attached hydrogen (secondary N) is 3. The quantitative estimate of drug-likeness (QED) is 0.529. The van der Waals surface area contributed by atoms with Crippen LogP contribution in [0.4, 0.5) is 11.9 Å². The molecule has 3 heterocycles. The SMILES string of the molecule is COc1cc2nc(N3CCNCC3)nc(NCCS(=O)(=O)NC3CCCC3)n2n1. The first kappa shape index (κ1) is 20.1. The van der Waals surface area contributed by atoms with Crippen LogP contribution in [0.1, 0.15) is 25.7 Å². The zero-order valence-electron chi connectivity index (χ0n) is 16.6. The van der Waals surface area contributed by atoms with E-state index >= 15 is 0 Å². The average molecular weight is 425 g/mol. The molecule has 0 atom stereocenters. The lowest BCUT2D eigenvalue weighted by atomic mass is 10.3. The first-order chi connectivity index (χ1) is 14.0. The van der Waals surface area contributed by atoms with Gasteiger partial charge in [-0.2, -0.15) is 14.5 Å². The Morgan fingerprint density at radius 3 is 2.72 bits per heavy atom. The van der Waals surface area contributed by atoms with Gasteiger partial charge in [0.25, 0.3) is 0 Å². The zero-order chi connectivity index (χ0) is 20.3. The second-order valence-corrected chi connectivity index (χ2v) is 9.26. The molecule has 0 spiro atoms. The molecule has 2 aromatic heterocycles.